The molecule has 4 N–H and O–H groups in total. The number of azo groups is 1. The summed E-state index contributed by atoms with van der Waals surface area (Å²) in [4.78, 5) is 49.5. The molecule has 0 radical (unpaired) electrons. The Balaban J connectivity index is 1.43. The quantitative estimate of drug-likeness (QED) is 0.496. The van der Waals surface area contributed by atoms with Crippen LogP contribution in [0.3, 0.4) is 0 Å². The van der Waals surface area contributed by atoms with Crippen LogP contribution in [0, 0.1) is 0 Å². The highest BCUT2D eigenvalue weighted by Gasteiger charge is 2.54. The van der Waals surface area contributed by atoms with Crippen molar-refractivity contribution < 1.29 is 24.3 Å². The Morgan fingerprint density at radius 3 is 2.71 bits per heavy atom. The van der Waals surface area contributed by atoms with Crippen molar-refractivity contribution in [3.63, 3.8) is 0 Å². The van der Waals surface area contributed by atoms with Gasteiger partial charge in [0.2, 0.25) is 5.91 Å². The number of carboxylic acid groups (broad SMARTS) is 1. The van der Waals surface area contributed by atoms with Gasteiger partial charge in [-0.15, -0.1) is 28.6 Å². The molecule has 1 aromatic rings. The number of nitrogens with zero attached hydrogens (tertiary/aromatic N) is 3. The Hall–Kier alpha value is -2.35. The standard InChI is InChI=1S/C18H17N5O5S3/c19-10(8-4-2-1-3-5-8)13(24)20-11-14(25)23-12(16(26)27)9(6-29-15(11)23)7-30-18-22-21-17(28)31-18/h1-5,10-11,15,18H,6-7,19H2,(H,20,24)(H,26,27)/t10?,11?,15-,18?/m0/s1. The zero-order chi connectivity index (χ0) is 22.1. The predicted molar refractivity (Wildman–Crippen MR) is 117 cm³/mol. The molecule has 3 heterocycles. The molecule has 1 fully saturated rings. The highest BCUT2D eigenvalue weighted by atomic mass is 32.2. The van der Waals surface area contributed by atoms with E-state index in [2.05, 4.69) is 15.5 Å². The van der Waals surface area contributed by atoms with E-state index in [0.717, 1.165) is 11.8 Å². The number of carbonyl (C=O) groups excluding carboxylic acids is 3. The first-order chi connectivity index (χ1) is 14.9. The molecule has 0 saturated carbocycles. The molecule has 3 unspecified atom stereocenters. The average molecular weight is 480 g/mol. The second-order valence-electron chi connectivity index (χ2n) is 6.76. The number of fused-ring (bicyclic) bond motifs is 1. The maximum Gasteiger partial charge on any atom is 0.352 e. The van der Waals surface area contributed by atoms with Gasteiger partial charge < -0.3 is 16.2 Å². The molecule has 31 heavy (non-hydrogen) atoms. The van der Waals surface area contributed by atoms with Crippen molar-refractivity contribution in [3.8, 4) is 0 Å². The van der Waals surface area contributed by atoms with E-state index in [1.165, 1.54) is 28.4 Å². The Morgan fingerprint density at radius 2 is 2.06 bits per heavy atom. The Kier molecular flexibility index (Phi) is 6.36. The minimum Gasteiger partial charge on any atom is -0.477 e. The number of nitrogens with one attached hydrogen (secondary N) is 1. The number of thioether (sulfide) groups is 3. The molecule has 4 rings (SSSR count). The SMILES string of the molecule is NC(C(=O)NC1C(=O)N2C(C(=O)O)=C(CSC3N=NC(=O)S3)CS[C@@H]12)c1ccccc1. The summed E-state index contributed by atoms with van der Waals surface area (Å²) in [5.74, 6) is -1.53. The van der Waals surface area contributed by atoms with Gasteiger partial charge in [0.25, 0.3) is 5.91 Å². The average Bonchev–Trinajstić information content (AvgIpc) is 3.20. The molecular weight excluding hydrogens is 462 g/mol. The zero-order valence-corrected chi connectivity index (χ0v) is 18.3. The third-order valence-electron chi connectivity index (χ3n) is 4.82. The van der Waals surface area contributed by atoms with E-state index in [1.54, 1.807) is 24.3 Å². The number of hydrogen-bond acceptors (Lipinski definition) is 9. The van der Waals surface area contributed by atoms with Crippen molar-refractivity contribution >= 4 is 58.3 Å². The van der Waals surface area contributed by atoms with E-state index < -0.39 is 39.9 Å². The number of benzene rings is 1. The van der Waals surface area contributed by atoms with Crippen molar-refractivity contribution in [2.75, 3.05) is 11.5 Å². The van der Waals surface area contributed by atoms with Crippen molar-refractivity contribution in [2.24, 2.45) is 16.0 Å². The Bertz CT molecular complexity index is 1000. The van der Waals surface area contributed by atoms with Gasteiger partial charge in [0.05, 0.1) is 0 Å². The number of nitrogens with two attached hydrogens (primary N) is 1. The number of β-lactam (4-membered cyclic amide) rings is 1. The van der Waals surface area contributed by atoms with Crippen LogP contribution >= 0.6 is 35.3 Å². The lowest BCUT2D eigenvalue weighted by molar-refractivity contribution is -0.150. The molecule has 10 nitrogen and oxygen atoms in total. The number of rotatable bonds is 7. The predicted octanol–water partition coefficient (Wildman–Crippen LogP) is 1.76. The number of hydrogen-bond donors (Lipinski definition) is 3. The third-order valence-corrected chi connectivity index (χ3v) is 8.33. The monoisotopic (exact) mass is 479 g/mol. The fourth-order valence-electron chi connectivity index (χ4n) is 3.32. The van der Waals surface area contributed by atoms with Crippen molar-refractivity contribution in [3.05, 3.63) is 47.2 Å². The van der Waals surface area contributed by atoms with E-state index in [4.69, 9.17) is 5.73 Å². The second kappa shape index (κ2) is 9.02. The molecule has 13 heteroatoms. The van der Waals surface area contributed by atoms with Crippen LogP contribution in [0.1, 0.15) is 11.6 Å². The molecule has 1 saturated heterocycles. The molecule has 0 bridgehead atoms. The van der Waals surface area contributed by atoms with Crippen LogP contribution in [0.4, 0.5) is 4.79 Å². The summed E-state index contributed by atoms with van der Waals surface area (Å²) in [6.07, 6.45) is 0. The van der Waals surface area contributed by atoms with Crippen LogP contribution in [0.15, 0.2) is 51.8 Å². The van der Waals surface area contributed by atoms with E-state index >= 15 is 0 Å². The summed E-state index contributed by atoms with van der Waals surface area (Å²) in [6, 6.07) is 7.01. The molecule has 0 spiro atoms. The van der Waals surface area contributed by atoms with Gasteiger partial charge in [0.15, 0.2) is 4.71 Å². The molecule has 0 aromatic heterocycles. The second-order valence-corrected chi connectivity index (χ2v) is 10.3. The van der Waals surface area contributed by atoms with E-state index in [0.29, 0.717) is 22.6 Å². The summed E-state index contributed by atoms with van der Waals surface area (Å²) in [7, 11) is 0. The molecule has 162 valence electrons. The Labute approximate surface area is 189 Å². The van der Waals surface area contributed by atoms with E-state index in [9.17, 15) is 24.3 Å². The summed E-state index contributed by atoms with van der Waals surface area (Å²) < 4.78 is -0.420. The molecule has 4 atom stereocenters. The molecule has 0 aliphatic carbocycles. The van der Waals surface area contributed by atoms with Gasteiger partial charge in [-0.3, -0.25) is 19.3 Å². The number of carboxylic acids is 1. The van der Waals surface area contributed by atoms with Crippen molar-refractivity contribution in [1.82, 2.24) is 10.2 Å². The lowest BCUT2D eigenvalue weighted by Gasteiger charge is -2.49. The van der Waals surface area contributed by atoms with Gasteiger partial charge in [0, 0.05) is 11.5 Å². The lowest BCUT2D eigenvalue weighted by atomic mass is 10.0. The number of aliphatic carboxylic acids is 1. The zero-order valence-electron chi connectivity index (χ0n) is 15.8. The largest absolute Gasteiger partial charge is 0.477 e. The van der Waals surface area contributed by atoms with E-state index in [-0.39, 0.29) is 10.9 Å². The fraction of sp³-hybridized carbons (Fsp3) is 0.333. The normalized spacial score (nSPS) is 25.8. The first-order valence-electron chi connectivity index (χ1n) is 9.11. The van der Waals surface area contributed by atoms with Crippen LogP contribution in [-0.2, 0) is 14.4 Å². The molecular formula is C18H17N5O5S3. The molecule has 3 aliphatic rings. The highest BCUT2D eigenvalue weighted by Crippen LogP contribution is 2.42. The lowest BCUT2D eigenvalue weighted by Crippen LogP contribution is -2.71. The van der Waals surface area contributed by atoms with Crippen LogP contribution in [-0.4, -0.2) is 60.7 Å². The number of amides is 3. The minimum atomic E-state index is -1.21. The molecule has 3 aliphatic heterocycles. The van der Waals surface area contributed by atoms with Crippen molar-refractivity contribution in [1.29, 1.82) is 0 Å². The first-order valence-corrected chi connectivity index (χ1v) is 12.1. The van der Waals surface area contributed by atoms with Crippen LogP contribution in [0.5, 0.6) is 0 Å². The van der Waals surface area contributed by atoms with Crippen molar-refractivity contribution in [2.45, 2.75) is 22.2 Å². The number of carbonyl (C=O) groups is 4. The van der Waals surface area contributed by atoms with Crippen LogP contribution in [0.2, 0.25) is 0 Å². The summed E-state index contributed by atoms with van der Waals surface area (Å²) in [5, 5.41) is 18.7. The summed E-state index contributed by atoms with van der Waals surface area (Å²) in [5.41, 5.74) is 7.09. The van der Waals surface area contributed by atoms with Gasteiger partial charge in [-0.25, -0.2) is 4.79 Å². The van der Waals surface area contributed by atoms with E-state index in [1.807, 2.05) is 6.07 Å². The van der Waals surface area contributed by atoms with Gasteiger partial charge in [-0.2, -0.15) is 5.11 Å². The maximum absolute atomic E-state index is 12.7. The van der Waals surface area contributed by atoms with Gasteiger partial charge in [0.1, 0.15) is 23.2 Å². The van der Waals surface area contributed by atoms with Crippen LogP contribution < -0.4 is 11.1 Å². The van der Waals surface area contributed by atoms with Crippen LogP contribution in [0.25, 0.3) is 0 Å². The molecule has 1 aromatic carbocycles. The fourth-order valence-corrected chi connectivity index (χ4v) is 6.57. The minimum absolute atomic E-state index is 0.0784. The van der Waals surface area contributed by atoms with Gasteiger partial charge >= 0.3 is 11.2 Å². The Morgan fingerprint density at radius 1 is 1.32 bits per heavy atom. The first kappa shape index (κ1) is 21.9. The topological polar surface area (TPSA) is 155 Å². The third kappa shape index (κ3) is 4.35. The van der Waals surface area contributed by atoms with Gasteiger partial charge in [-0.1, -0.05) is 30.3 Å². The smallest absolute Gasteiger partial charge is 0.352 e. The maximum atomic E-state index is 12.7. The highest BCUT2D eigenvalue weighted by molar-refractivity contribution is 8.25. The summed E-state index contributed by atoms with van der Waals surface area (Å²) >= 11 is 3.62. The van der Waals surface area contributed by atoms with Gasteiger partial charge in [-0.05, 0) is 22.9 Å². The molecule has 3 amide bonds. The summed E-state index contributed by atoms with van der Waals surface area (Å²) in [6.45, 7) is 0.